The number of hydrogen-bond acceptors (Lipinski definition) is 6. The van der Waals surface area contributed by atoms with Gasteiger partial charge in [-0.1, -0.05) is 26.0 Å². The summed E-state index contributed by atoms with van der Waals surface area (Å²) in [5.74, 6) is 1.50. The lowest BCUT2D eigenvalue weighted by atomic mass is 10.1. The zero-order valence-electron chi connectivity index (χ0n) is 18.1. The van der Waals surface area contributed by atoms with Gasteiger partial charge in [0.15, 0.2) is 11.6 Å². The highest BCUT2D eigenvalue weighted by molar-refractivity contribution is 7.61. The van der Waals surface area contributed by atoms with E-state index >= 15 is 0 Å². The van der Waals surface area contributed by atoms with E-state index in [0.29, 0.717) is 29.6 Å². The number of fused-ring (bicyclic) bond motifs is 1. The van der Waals surface area contributed by atoms with Gasteiger partial charge in [-0.2, -0.15) is 0 Å². The van der Waals surface area contributed by atoms with Gasteiger partial charge in [0.2, 0.25) is 5.50 Å². The van der Waals surface area contributed by atoms with Gasteiger partial charge in [0.25, 0.3) is 0 Å². The number of rotatable bonds is 10. The lowest BCUT2D eigenvalue weighted by Gasteiger charge is -2.14. The highest BCUT2D eigenvalue weighted by atomic mass is 31.2. The van der Waals surface area contributed by atoms with E-state index in [1.54, 1.807) is 26.0 Å². The lowest BCUT2D eigenvalue weighted by molar-refractivity contribution is 0.225. The summed E-state index contributed by atoms with van der Waals surface area (Å²) in [5, 5.41) is 0. The van der Waals surface area contributed by atoms with Crippen LogP contribution in [0.3, 0.4) is 0 Å². The quantitative estimate of drug-likeness (QED) is 0.271. The van der Waals surface area contributed by atoms with Crippen LogP contribution >= 0.6 is 7.60 Å². The van der Waals surface area contributed by atoms with E-state index in [2.05, 4.69) is 25.0 Å². The zero-order valence-corrected chi connectivity index (χ0v) is 18.9. The van der Waals surface area contributed by atoms with Crippen LogP contribution in [0.15, 0.2) is 41.3 Å². The first-order valence-corrected chi connectivity index (χ1v) is 11.8. The van der Waals surface area contributed by atoms with E-state index in [-0.39, 0.29) is 18.7 Å². The fourth-order valence-corrected chi connectivity index (χ4v) is 4.90. The molecule has 3 aromatic rings. The number of nitrogens with two attached hydrogens (primary N) is 1. The maximum atomic E-state index is 13.1. The smallest absolute Gasteiger partial charge is 0.396 e. The predicted octanol–water partition coefficient (Wildman–Crippen LogP) is 5.15. The molecule has 3 rings (SSSR count). The Kier molecular flexibility index (Phi) is 6.86. The maximum Gasteiger partial charge on any atom is 0.396 e. The Bertz CT molecular complexity index is 1070. The zero-order chi connectivity index (χ0) is 21.9. The molecule has 0 fully saturated rings. The Morgan fingerprint density at radius 2 is 1.93 bits per heavy atom. The number of allylic oxidation sites excluding steroid dienone is 1. The third-order valence-corrected chi connectivity index (χ3v) is 6.62. The fourth-order valence-electron chi connectivity index (χ4n) is 3.43. The molecule has 0 aliphatic carbocycles. The van der Waals surface area contributed by atoms with Crippen LogP contribution < -0.4 is 11.2 Å². The number of nitrogens with zero attached hydrogens (tertiary/aromatic N) is 2. The Balaban J connectivity index is 2.15. The van der Waals surface area contributed by atoms with Crippen molar-refractivity contribution in [2.24, 2.45) is 5.92 Å². The van der Waals surface area contributed by atoms with Crippen molar-refractivity contribution >= 4 is 29.8 Å². The Labute approximate surface area is 177 Å². The van der Waals surface area contributed by atoms with E-state index in [1.165, 1.54) is 0 Å². The number of furan rings is 1. The van der Waals surface area contributed by atoms with E-state index in [4.69, 9.17) is 24.2 Å². The largest absolute Gasteiger partial charge is 0.445 e. The van der Waals surface area contributed by atoms with Gasteiger partial charge in [0.05, 0.1) is 24.4 Å². The number of nitrogen functional groups attached to an aromatic ring is 1. The van der Waals surface area contributed by atoms with E-state index in [9.17, 15) is 4.57 Å². The first-order chi connectivity index (χ1) is 14.3. The van der Waals surface area contributed by atoms with Crippen LogP contribution in [0.5, 0.6) is 0 Å². The number of aromatic nitrogens is 2. The molecule has 0 radical (unpaired) electrons. The molecule has 8 heteroatoms. The minimum Gasteiger partial charge on any atom is -0.445 e. The molecule has 0 spiro atoms. The van der Waals surface area contributed by atoms with E-state index < -0.39 is 7.60 Å². The normalized spacial score (nSPS) is 12.2. The van der Waals surface area contributed by atoms with Gasteiger partial charge < -0.3 is 23.8 Å². The predicted molar refractivity (Wildman–Crippen MR) is 121 cm³/mol. The van der Waals surface area contributed by atoms with Crippen LogP contribution in [0.25, 0.3) is 22.6 Å². The third kappa shape index (κ3) is 4.24. The molecule has 2 aromatic heterocycles. The molecule has 0 unspecified atom stereocenters. The minimum absolute atomic E-state index is 0.171. The Morgan fingerprint density at radius 3 is 2.53 bits per heavy atom. The summed E-state index contributed by atoms with van der Waals surface area (Å²) in [7, 11) is -3.51. The van der Waals surface area contributed by atoms with Crippen molar-refractivity contribution < 1.29 is 18.0 Å². The van der Waals surface area contributed by atoms with Crippen molar-refractivity contribution in [2.75, 3.05) is 18.9 Å². The van der Waals surface area contributed by atoms with Crippen molar-refractivity contribution in [3.05, 3.63) is 42.5 Å². The molecular weight excluding hydrogens is 401 g/mol. The van der Waals surface area contributed by atoms with Gasteiger partial charge >= 0.3 is 7.60 Å². The van der Waals surface area contributed by atoms with Crippen LogP contribution in [-0.2, 0) is 26.6 Å². The highest BCUT2D eigenvalue weighted by Gasteiger charge is 2.32. The number of benzene rings is 1. The van der Waals surface area contributed by atoms with Gasteiger partial charge in [-0.15, -0.1) is 6.58 Å². The Morgan fingerprint density at radius 1 is 1.23 bits per heavy atom. The first kappa shape index (κ1) is 22.3. The van der Waals surface area contributed by atoms with Crippen LogP contribution in [0.4, 0.5) is 5.69 Å². The van der Waals surface area contributed by atoms with Gasteiger partial charge in [-0.25, -0.2) is 4.98 Å². The monoisotopic (exact) mass is 431 g/mol. The van der Waals surface area contributed by atoms with Gasteiger partial charge in [0, 0.05) is 6.54 Å². The van der Waals surface area contributed by atoms with Crippen molar-refractivity contribution in [2.45, 2.75) is 40.7 Å². The molecule has 0 aliphatic heterocycles. The van der Waals surface area contributed by atoms with Gasteiger partial charge in [0.1, 0.15) is 5.52 Å². The lowest BCUT2D eigenvalue weighted by Crippen LogP contribution is -2.09. The second-order valence-corrected chi connectivity index (χ2v) is 9.36. The molecule has 0 saturated heterocycles. The summed E-state index contributed by atoms with van der Waals surface area (Å²) < 4.78 is 31.9. The van der Waals surface area contributed by atoms with Crippen LogP contribution in [0, 0.1) is 5.92 Å². The van der Waals surface area contributed by atoms with Crippen molar-refractivity contribution in [1.29, 1.82) is 0 Å². The summed E-state index contributed by atoms with van der Waals surface area (Å²) >= 11 is 0. The average Bonchev–Trinajstić information content (AvgIpc) is 3.30. The standard InChI is InChI=1S/C22H30N3O4P/c1-6-9-16-10-11-17-21(20(16)23)24-22(25(17)14-15(4)5)18-12-13-19(29-18)30(26,27-7-2)28-8-3/h6,10-13,15H,1,7-9,14,23H2,2-5H3. The number of hydrogen-bond donors (Lipinski definition) is 1. The second kappa shape index (κ2) is 9.21. The summed E-state index contributed by atoms with van der Waals surface area (Å²) in [6.45, 7) is 12.8. The summed E-state index contributed by atoms with van der Waals surface area (Å²) in [5.41, 5.74) is 9.85. The first-order valence-electron chi connectivity index (χ1n) is 10.2. The molecule has 30 heavy (non-hydrogen) atoms. The SMILES string of the molecule is C=CCc1ccc2c(nc(-c3ccc(P(=O)(OCC)OCC)o3)n2CC(C)C)c1N. The molecule has 0 saturated carbocycles. The molecule has 7 nitrogen and oxygen atoms in total. The molecule has 0 bridgehead atoms. The highest BCUT2D eigenvalue weighted by Crippen LogP contribution is 2.47. The Hall–Kier alpha value is -2.34. The summed E-state index contributed by atoms with van der Waals surface area (Å²) in [6, 6.07) is 7.41. The molecule has 1 aromatic carbocycles. The summed E-state index contributed by atoms with van der Waals surface area (Å²) in [4.78, 5) is 4.80. The third-order valence-electron chi connectivity index (χ3n) is 4.64. The van der Waals surface area contributed by atoms with E-state index in [0.717, 1.165) is 23.1 Å². The van der Waals surface area contributed by atoms with Crippen LogP contribution in [0.1, 0.15) is 33.3 Å². The average molecular weight is 431 g/mol. The van der Waals surface area contributed by atoms with Crippen LogP contribution in [-0.4, -0.2) is 22.8 Å². The molecule has 2 heterocycles. The molecule has 2 N–H and O–H groups in total. The molecule has 0 atom stereocenters. The summed E-state index contributed by atoms with van der Waals surface area (Å²) in [6.07, 6.45) is 2.49. The molecular formula is C22H30N3O4P. The maximum absolute atomic E-state index is 13.1. The van der Waals surface area contributed by atoms with Crippen molar-refractivity contribution in [3.63, 3.8) is 0 Å². The van der Waals surface area contributed by atoms with Crippen molar-refractivity contribution in [3.8, 4) is 11.6 Å². The van der Waals surface area contributed by atoms with Gasteiger partial charge in [-0.05, 0) is 49.9 Å². The molecule has 0 amide bonds. The number of anilines is 1. The minimum atomic E-state index is -3.51. The number of imidazole rings is 1. The van der Waals surface area contributed by atoms with Crippen LogP contribution in [0.2, 0.25) is 0 Å². The topological polar surface area (TPSA) is 92.5 Å². The van der Waals surface area contributed by atoms with Gasteiger partial charge in [-0.3, -0.25) is 4.57 Å². The molecule has 0 aliphatic rings. The molecule has 162 valence electrons. The fraction of sp³-hybridized carbons (Fsp3) is 0.409. The van der Waals surface area contributed by atoms with E-state index in [1.807, 2.05) is 18.2 Å². The second-order valence-electron chi connectivity index (χ2n) is 7.41. The van der Waals surface area contributed by atoms with Crippen molar-refractivity contribution in [1.82, 2.24) is 9.55 Å².